The van der Waals surface area contributed by atoms with E-state index >= 15 is 0 Å². The summed E-state index contributed by atoms with van der Waals surface area (Å²) in [5.41, 5.74) is 1.88. The number of nitrogens with zero attached hydrogens (tertiary/aromatic N) is 2. The van der Waals surface area contributed by atoms with E-state index < -0.39 is 10.8 Å². The van der Waals surface area contributed by atoms with Gasteiger partial charge in [0, 0.05) is 23.0 Å². The summed E-state index contributed by atoms with van der Waals surface area (Å²) >= 11 is 7.33. The normalized spacial score (nSPS) is 15.3. The number of nitrogens with one attached hydrogen (secondary N) is 1. The van der Waals surface area contributed by atoms with E-state index in [4.69, 9.17) is 16.3 Å². The minimum atomic E-state index is -0.635. The maximum absolute atomic E-state index is 12.7. The molecule has 1 unspecified atom stereocenters. The zero-order valence-electron chi connectivity index (χ0n) is 18.1. The molecule has 3 aromatic carbocycles. The first-order chi connectivity index (χ1) is 16.4. The third-order valence-electron chi connectivity index (χ3n) is 5.13. The van der Waals surface area contributed by atoms with Gasteiger partial charge in [0.05, 0.1) is 17.3 Å². The monoisotopic (exact) mass is 497 g/mol. The van der Waals surface area contributed by atoms with Gasteiger partial charge in [-0.05, 0) is 61.0 Å². The molecule has 3 aromatic rings. The summed E-state index contributed by atoms with van der Waals surface area (Å²) in [5.74, 6) is 0.551. The number of thioether (sulfide) groups is 1. The maximum Gasteiger partial charge on any atom is 0.288 e. The molecule has 10 heteroatoms. The highest BCUT2D eigenvalue weighted by molar-refractivity contribution is 8.00. The molecule has 4 rings (SSSR count). The van der Waals surface area contributed by atoms with Crippen molar-refractivity contribution in [3.63, 3.8) is 0 Å². The van der Waals surface area contributed by atoms with Crippen LogP contribution in [0, 0.1) is 10.1 Å². The second-order valence-electron chi connectivity index (χ2n) is 7.36. The Kier molecular flexibility index (Phi) is 7.04. The van der Waals surface area contributed by atoms with Crippen LogP contribution in [0.1, 0.15) is 28.2 Å². The van der Waals surface area contributed by atoms with Crippen LogP contribution in [-0.4, -0.2) is 29.1 Å². The Morgan fingerprint density at radius 3 is 2.68 bits per heavy atom. The van der Waals surface area contributed by atoms with Crippen LogP contribution in [0.25, 0.3) is 0 Å². The van der Waals surface area contributed by atoms with Crippen molar-refractivity contribution in [2.24, 2.45) is 0 Å². The van der Waals surface area contributed by atoms with Gasteiger partial charge in [0.15, 0.2) is 0 Å². The van der Waals surface area contributed by atoms with Crippen LogP contribution in [0.15, 0.2) is 66.7 Å². The van der Waals surface area contributed by atoms with E-state index in [0.29, 0.717) is 18.0 Å². The summed E-state index contributed by atoms with van der Waals surface area (Å²) in [6, 6.07) is 18.4. The number of hydrogen-bond donors (Lipinski definition) is 1. The SMILES string of the molecule is CCOc1ccc(N2C(=O)CSC2c2cccc(NC(=O)c3ccc(Cl)c([N+](=O)[O-])c3)c2)cc1. The molecule has 0 spiro atoms. The summed E-state index contributed by atoms with van der Waals surface area (Å²) in [6.45, 7) is 2.47. The molecular formula is C24H20ClN3O5S. The quantitative estimate of drug-likeness (QED) is 0.333. The van der Waals surface area contributed by atoms with Crippen LogP contribution >= 0.6 is 23.4 Å². The van der Waals surface area contributed by atoms with Crippen molar-refractivity contribution in [2.45, 2.75) is 12.3 Å². The van der Waals surface area contributed by atoms with E-state index in [1.165, 1.54) is 23.9 Å². The first-order valence-electron chi connectivity index (χ1n) is 10.4. The predicted molar refractivity (Wildman–Crippen MR) is 133 cm³/mol. The van der Waals surface area contributed by atoms with Crippen LogP contribution in [0.4, 0.5) is 17.1 Å². The Labute approximate surface area is 205 Å². The molecule has 0 aromatic heterocycles. The first-order valence-corrected chi connectivity index (χ1v) is 11.8. The number of halogens is 1. The van der Waals surface area contributed by atoms with Gasteiger partial charge in [-0.1, -0.05) is 23.7 Å². The number of nitro groups is 1. The van der Waals surface area contributed by atoms with E-state index in [0.717, 1.165) is 23.1 Å². The number of anilines is 2. The molecule has 1 saturated heterocycles. The second-order valence-corrected chi connectivity index (χ2v) is 8.83. The lowest BCUT2D eigenvalue weighted by Crippen LogP contribution is -2.27. The van der Waals surface area contributed by atoms with Gasteiger partial charge in [0.1, 0.15) is 16.1 Å². The summed E-state index contributed by atoms with van der Waals surface area (Å²) in [4.78, 5) is 37.6. The molecule has 1 N–H and O–H groups in total. The van der Waals surface area contributed by atoms with Gasteiger partial charge in [0.25, 0.3) is 11.6 Å². The average Bonchev–Trinajstić information content (AvgIpc) is 3.21. The smallest absolute Gasteiger partial charge is 0.288 e. The molecule has 0 saturated carbocycles. The zero-order valence-corrected chi connectivity index (χ0v) is 19.6. The Bertz CT molecular complexity index is 1250. The van der Waals surface area contributed by atoms with Crippen molar-refractivity contribution in [3.8, 4) is 5.75 Å². The fraction of sp³-hybridized carbons (Fsp3) is 0.167. The molecule has 8 nitrogen and oxygen atoms in total. The third kappa shape index (κ3) is 5.00. The number of rotatable bonds is 7. The average molecular weight is 498 g/mol. The Morgan fingerprint density at radius 2 is 1.97 bits per heavy atom. The molecule has 1 atom stereocenters. The van der Waals surface area contributed by atoms with Gasteiger partial charge < -0.3 is 10.1 Å². The minimum absolute atomic E-state index is 0.0120. The lowest BCUT2D eigenvalue weighted by atomic mass is 10.1. The maximum atomic E-state index is 12.7. The number of hydrogen-bond acceptors (Lipinski definition) is 6. The van der Waals surface area contributed by atoms with Gasteiger partial charge in [-0.25, -0.2) is 0 Å². The van der Waals surface area contributed by atoms with Gasteiger partial charge in [-0.2, -0.15) is 0 Å². The van der Waals surface area contributed by atoms with Gasteiger partial charge >= 0.3 is 0 Å². The molecular weight excluding hydrogens is 478 g/mol. The zero-order chi connectivity index (χ0) is 24.2. The van der Waals surface area contributed by atoms with Gasteiger partial charge in [-0.3, -0.25) is 24.6 Å². The fourth-order valence-corrected chi connectivity index (χ4v) is 4.94. The van der Waals surface area contributed by atoms with Crippen molar-refractivity contribution in [1.82, 2.24) is 0 Å². The molecule has 1 aliphatic rings. The topological polar surface area (TPSA) is 102 Å². The van der Waals surface area contributed by atoms with Crippen LogP contribution in [0.5, 0.6) is 5.75 Å². The van der Waals surface area contributed by atoms with E-state index in [9.17, 15) is 19.7 Å². The molecule has 0 radical (unpaired) electrons. The van der Waals surface area contributed by atoms with Crippen LogP contribution in [-0.2, 0) is 4.79 Å². The van der Waals surface area contributed by atoms with Crippen molar-refractivity contribution in [2.75, 3.05) is 22.6 Å². The summed E-state index contributed by atoms with van der Waals surface area (Å²) < 4.78 is 5.48. The Morgan fingerprint density at radius 1 is 1.21 bits per heavy atom. The molecule has 1 fully saturated rings. The number of carbonyl (C=O) groups is 2. The third-order valence-corrected chi connectivity index (χ3v) is 6.66. The number of ether oxygens (including phenoxy) is 1. The summed E-state index contributed by atoms with van der Waals surface area (Å²) in [7, 11) is 0. The predicted octanol–water partition coefficient (Wildman–Crippen LogP) is 5.68. The first kappa shape index (κ1) is 23.6. The highest BCUT2D eigenvalue weighted by Crippen LogP contribution is 2.42. The largest absolute Gasteiger partial charge is 0.494 e. The lowest BCUT2D eigenvalue weighted by molar-refractivity contribution is -0.384. The van der Waals surface area contributed by atoms with Gasteiger partial charge in [-0.15, -0.1) is 11.8 Å². The molecule has 1 heterocycles. The van der Waals surface area contributed by atoms with Crippen LogP contribution < -0.4 is 15.0 Å². The van der Waals surface area contributed by atoms with E-state index in [-0.39, 0.29) is 27.6 Å². The molecule has 34 heavy (non-hydrogen) atoms. The second kappa shape index (κ2) is 10.1. The summed E-state index contributed by atoms with van der Waals surface area (Å²) in [5, 5.41) is 13.6. The van der Waals surface area contributed by atoms with E-state index in [1.54, 1.807) is 23.1 Å². The van der Waals surface area contributed by atoms with Crippen molar-refractivity contribution in [1.29, 1.82) is 0 Å². The van der Waals surface area contributed by atoms with Crippen molar-refractivity contribution in [3.05, 3.63) is 93.0 Å². The molecule has 2 amide bonds. The summed E-state index contributed by atoms with van der Waals surface area (Å²) in [6.07, 6.45) is 0. The molecule has 0 bridgehead atoms. The molecule has 0 aliphatic carbocycles. The standard InChI is InChI=1S/C24H20ClN3O5S/c1-2-33-19-9-7-18(8-10-19)27-22(29)14-34-24(27)16-4-3-5-17(12-16)26-23(30)15-6-11-20(25)21(13-15)28(31)32/h3-13,24H,2,14H2,1H3,(H,26,30). The number of carbonyl (C=O) groups excluding carboxylic acids is 2. The van der Waals surface area contributed by atoms with Gasteiger partial charge in [0.2, 0.25) is 5.91 Å². The van der Waals surface area contributed by atoms with Crippen LogP contribution in [0.2, 0.25) is 5.02 Å². The number of benzene rings is 3. The fourth-order valence-electron chi connectivity index (χ4n) is 3.59. The van der Waals surface area contributed by atoms with Crippen molar-refractivity contribution < 1.29 is 19.2 Å². The number of amides is 2. The van der Waals surface area contributed by atoms with E-state index in [2.05, 4.69) is 5.32 Å². The number of nitro benzene ring substituents is 1. The van der Waals surface area contributed by atoms with Crippen LogP contribution in [0.3, 0.4) is 0 Å². The Hall–Kier alpha value is -3.56. The van der Waals surface area contributed by atoms with Crippen molar-refractivity contribution >= 4 is 52.2 Å². The Balaban J connectivity index is 1.55. The minimum Gasteiger partial charge on any atom is -0.494 e. The molecule has 174 valence electrons. The highest BCUT2D eigenvalue weighted by atomic mass is 35.5. The highest BCUT2D eigenvalue weighted by Gasteiger charge is 2.34. The lowest BCUT2D eigenvalue weighted by Gasteiger charge is -2.25. The molecule has 1 aliphatic heterocycles. The van der Waals surface area contributed by atoms with E-state index in [1.807, 2.05) is 37.3 Å².